The molecule has 3 amide bonds. The molecule has 1 heterocycles. The Kier molecular flexibility index (Phi) is 2.02. The second-order valence-corrected chi connectivity index (χ2v) is 3.82. The van der Waals surface area contributed by atoms with Crippen LogP contribution in [-0.2, 0) is 9.59 Å². The minimum Gasteiger partial charge on any atom is -0.312 e. The van der Waals surface area contributed by atoms with Crippen molar-refractivity contribution in [3.05, 3.63) is 0 Å². The van der Waals surface area contributed by atoms with E-state index < -0.39 is 0 Å². The van der Waals surface area contributed by atoms with Crippen LogP contribution in [0.2, 0.25) is 0 Å². The molecular weight excluding hydrogens is 184 g/mol. The molecule has 2 rings (SSSR count). The van der Waals surface area contributed by atoms with Crippen LogP contribution in [0.5, 0.6) is 0 Å². The van der Waals surface area contributed by atoms with Gasteiger partial charge in [0.2, 0.25) is 0 Å². The van der Waals surface area contributed by atoms with Crippen molar-refractivity contribution in [3.8, 4) is 0 Å². The third-order valence-corrected chi connectivity index (χ3v) is 2.45. The van der Waals surface area contributed by atoms with Gasteiger partial charge in [0.1, 0.15) is 12.3 Å². The fraction of sp³-hybridized carbons (Fsp3) is 0.667. The van der Waals surface area contributed by atoms with Gasteiger partial charge in [-0.05, 0) is 19.8 Å². The Bertz CT molecular complexity index is 309. The molecule has 0 aromatic heterocycles. The van der Waals surface area contributed by atoms with Gasteiger partial charge in [-0.25, -0.2) is 4.79 Å². The summed E-state index contributed by atoms with van der Waals surface area (Å²) in [4.78, 5) is 36.4. The van der Waals surface area contributed by atoms with E-state index in [4.69, 9.17) is 0 Å². The molecule has 1 saturated heterocycles. The number of rotatable bonds is 3. The van der Waals surface area contributed by atoms with Gasteiger partial charge in [0.05, 0.1) is 6.54 Å². The van der Waals surface area contributed by atoms with Crippen LogP contribution in [-0.4, -0.2) is 46.7 Å². The molecule has 5 heteroatoms. The summed E-state index contributed by atoms with van der Waals surface area (Å²) in [5.74, 6) is -0.415. The topological polar surface area (TPSA) is 57.7 Å². The molecule has 0 atom stereocenters. The Morgan fingerprint density at radius 1 is 1.43 bits per heavy atom. The Hall–Kier alpha value is -1.39. The first-order valence-electron chi connectivity index (χ1n) is 4.70. The van der Waals surface area contributed by atoms with Crippen molar-refractivity contribution < 1.29 is 14.4 Å². The number of hydrogen-bond donors (Lipinski definition) is 0. The number of ketones is 1. The Morgan fingerprint density at radius 2 is 2.07 bits per heavy atom. The molecule has 2 fully saturated rings. The van der Waals surface area contributed by atoms with Crippen molar-refractivity contribution in [1.82, 2.24) is 9.80 Å². The Labute approximate surface area is 81.7 Å². The normalized spacial score (nSPS) is 22.1. The van der Waals surface area contributed by atoms with E-state index in [1.165, 1.54) is 6.92 Å². The highest BCUT2D eigenvalue weighted by Gasteiger charge is 2.43. The first kappa shape index (κ1) is 9.18. The molecule has 0 spiro atoms. The summed E-state index contributed by atoms with van der Waals surface area (Å²) in [6.07, 6.45) is 1.96. The van der Waals surface area contributed by atoms with Crippen LogP contribution in [0, 0.1) is 0 Å². The molecule has 1 aliphatic carbocycles. The van der Waals surface area contributed by atoms with E-state index in [-0.39, 0.29) is 36.9 Å². The number of amides is 3. The van der Waals surface area contributed by atoms with E-state index in [0.717, 1.165) is 17.7 Å². The summed E-state index contributed by atoms with van der Waals surface area (Å²) in [6, 6.07) is -0.0592. The van der Waals surface area contributed by atoms with Crippen LogP contribution in [0.4, 0.5) is 4.79 Å². The fourth-order valence-corrected chi connectivity index (χ4v) is 1.61. The summed E-state index contributed by atoms with van der Waals surface area (Å²) < 4.78 is 0. The lowest BCUT2D eigenvalue weighted by atomic mass is 10.4. The van der Waals surface area contributed by atoms with Crippen LogP contribution in [0.3, 0.4) is 0 Å². The van der Waals surface area contributed by atoms with E-state index in [0.29, 0.717) is 0 Å². The average Bonchev–Trinajstić information content (AvgIpc) is 2.88. The number of urea groups is 1. The second-order valence-electron chi connectivity index (χ2n) is 3.82. The monoisotopic (exact) mass is 196 g/mol. The molecular formula is C9H12N2O3. The lowest BCUT2D eigenvalue weighted by Gasteiger charge is -2.14. The third-order valence-electron chi connectivity index (χ3n) is 2.45. The maximum absolute atomic E-state index is 11.6. The molecule has 0 bridgehead atoms. The molecule has 14 heavy (non-hydrogen) atoms. The minimum atomic E-state index is -0.298. The first-order chi connectivity index (χ1) is 6.59. The zero-order chi connectivity index (χ0) is 10.3. The number of carbonyl (C=O) groups is 3. The van der Waals surface area contributed by atoms with Crippen molar-refractivity contribution in [1.29, 1.82) is 0 Å². The van der Waals surface area contributed by atoms with Gasteiger partial charge in [-0.15, -0.1) is 0 Å². The van der Waals surface area contributed by atoms with Crippen molar-refractivity contribution in [2.24, 2.45) is 0 Å². The molecule has 0 N–H and O–H groups in total. The van der Waals surface area contributed by atoms with Crippen molar-refractivity contribution in [3.63, 3.8) is 0 Å². The predicted molar refractivity (Wildman–Crippen MR) is 47.5 cm³/mol. The molecule has 0 unspecified atom stereocenters. The van der Waals surface area contributed by atoms with Crippen LogP contribution < -0.4 is 0 Å². The van der Waals surface area contributed by atoms with Crippen molar-refractivity contribution in [2.75, 3.05) is 13.1 Å². The minimum absolute atomic E-state index is 0.0825. The highest BCUT2D eigenvalue weighted by Crippen LogP contribution is 2.30. The number of hydrogen-bond acceptors (Lipinski definition) is 3. The summed E-state index contributed by atoms with van der Waals surface area (Å²) in [6.45, 7) is 1.44. The fourth-order valence-electron chi connectivity index (χ4n) is 1.61. The van der Waals surface area contributed by atoms with Crippen LogP contribution in [0.15, 0.2) is 0 Å². The highest BCUT2D eigenvalue weighted by molar-refractivity contribution is 6.04. The summed E-state index contributed by atoms with van der Waals surface area (Å²) in [5, 5.41) is 0. The Morgan fingerprint density at radius 3 is 2.57 bits per heavy atom. The van der Waals surface area contributed by atoms with Gasteiger partial charge in [0.15, 0.2) is 0 Å². The molecule has 2 aliphatic rings. The van der Waals surface area contributed by atoms with Crippen molar-refractivity contribution in [2.45, 2.75) is 25.8 Å². The molecule has 0 radical (unpaired) electrons. The third kappa shape index (κ3) is 1.49. The maximum Gasteiger partial charge on any atom is 0.327 e. The number of Topliss-reactive ketones (excluding diaryl/α,β-unsaturated/α-hetero) is 1. The lowest BCUT2D eigenvalue weighted by Crippen LogP contribution is -2.36. The van der Waals surface area contributed by atoms with Gasteiger partial charge < -0.3 is 4.90 Å². The van der Waals surface area contributed by atoms with Crippen LogP contribution >= 0.6 is 0 Å². The van der Waals surface area contributed by atoms with Gasteiger partial charge in [-0.1, -0.05) is 0 Å². The molecule has 76 valence electrons. The zero-order valence-corrected chi connectivity index (χ0v) is 8.02. The second kappa shape index (κ2) is 3.08. The molecule has 0 aromatic rings. The van der Waals surface area contributed by atoms with Crippen LogP contribution in [0.1, 0.15) is 19.8 Å². The summed E-state index contributed by atoms with van der Waals surface area (Å²) in [7, 11) is 0. The smallest absolute Gasteiger partial charge is 0.312 e. The largest absolute Gasteiger partial charge is 0.327 e. The predicted octanol–water partition coefficient (Wildman–Crippen LogP) is 0.00200. The quantitative estimate of drug-likeness (QED) is 0.597. The van der Waals surface area contributed by atoms with E-state index in [1.54, 1.807) is 4.90 Å². The Balaban J connectivity index is 2.07. The molecule has 1 saturated carbocycles. The standard InChI is InChI=1S/C9H12N2O3/c1-6(12)4-11-8(13)5-10(9(11)14)7-2-3-7/h7H,2-5H2,1H3. The van der Waals surface area contributed by atoms with Gasteiger partial charge in [0, 0.05) is 6.04 Å². The first-order valence-corrected chi connectivity index (χ1v) is 4.70. The van der Waals surface area contributed by atoms with Gasteiger partial charge >= 0.3 is 6.03 Å². The van der Waals surface area contributed by atoms with Crippen molar-refractivity contribution >= 4 is 17.7 Å². The average molecular weight is 196 g/mol. The summed E-state index contributed by atoms with van der Waals surface area (Å²) in [5.41, 5.74) is 0. The highest BCUT2D eigenvalue weighted by atomic mass is 16.2. The van der Waals surface area contributed by atoms with Gasteiger partial charge in [-0.3, -0.25) is 14.5 Å². The maximum atomic E-state index is 11.6. The molecule has 0 aromatic carbocycles. The molecule has 1 aliphatic heterocycles. The van der Waals surface area contributed by atoms with Gasteiger partial charge in [-0.2, -0.15) is 0 Å². The SMILES string of the molecule is CC(=O)CN1C(=O)CN(C2CC2)C1=O. The van der Waals surface area contributed by atoms with Gasteiger partial charge in [0.25, 0.3) is 5.91 Å². The van der Waals surface area contributed by atoms with E-state index in [2.05, 4.69) is 0 Å². The summed E-state index contributed by atoms with van der Waals surface area (Å²) >= 11 is 0. The number of nitrogens with zero attached hydrogens (tertiary/aromatic N) is 2. The number of carbonyl (C=O) groups excluding carboxylic acids is 3. The van der Waals surface area contributed by atoms with E-state index in [1.807, 2.05) is 0 Å². The van der Waals surface area contributed by atoms with Crippen LogP contribution in [0.25, 0.3) is 0 Å². The lowest BCUT2D eigenvalue weighted by molar-refractivity contribution is -0.129. The van der Waals surface area contributed by atoms with E-state index in [9.17, 15) is 14.4 Å². The number of imide groups is 1. The van der Waals surface area contributed by atoms with E-state index >= 15 is 0 Å². The zero-order valence-electron chi connectivity index (χ0n) is 8.02. The molecule has 5 nitrogen and oxygen atoms in total.